The third-order valence-corrected chi connectivity index (χ3v) is 15.6. The van der Waals surface area contributed by atoms with E-state index in [1.807, 2.05) is 60.7 Å². The quantitative estimate of drug-likeness (QED) is 0.0250. The van der Waals surface area contributed by atoms with Crippen molar-refractivity contribution in [1.29, 1.82) is 0 Å². The van der Waals surface area contributed by atoms with Crippen LogP contribution < -0.4 is 42.5 Å². The number of hydrogen-bond acceptors (Lipinski definition) is 20. The summed E-state index contributed by atoms with van der Waals surface area (Å²) in [7, 11) is 0. The molecule has 16 N–H and O–H groups in total. The number of hydrogen-bond donors (Lipinski definition) is 16. The number of ether oxygens (including phenoxy) is 4. The largest absolute Gasteiger partial charge is 0.477 e. The molecule has 96 heavy (non-hydrogen) atoms. The highest BCUT2D eigenvalue weighted by molar-refractivity contribution is 5.96. The van der Waals surface area contributed by atoms with Crippen LogP contribution in [0.1, 0.15) is 73.1 Å². The number of anilines is 2. The minimum absolute atomic E-state index is 0.0891. The molecule has 0 radical (unpaired) electrons. The van der Waals surface area contributed by atoms with E-state index in [2.05, 4.69) is 42.5 Å². The highest BCUT2D eigenvalue weighted by Crippen LogP contribution is 2.36. The number of carbonyl (C=O) groups is 10. The van der Waals surface area contributed by atoms with Gasteiger partial charge in [-0.3, -0.25) is 38.4 Å². The van der Waals surface area contributed by atoms with E-state index >= 15 is 0 Å². The molecule has 2 saturated heterocycles. The number of carboxylic acid groups (broad SMARTS) is 2. The molecule has 2 heterocycles. The summed E-state index contributed by atoms with van der Waals surface area (Å²) >= 11 is 0. The van der Waals surface area contributed by atoms with E-state index in [1.54, 1.807) is 48.5 Å². The van der Waals surface area contributed by atoms with Crippen molar-refractivity contribution in [2.75, 3.05) is 50.0 Å². The van der Waals surface area contributed by atoms with Gasteiger partial charge in [0.15, 0.2) is 0 Å². The normalized spacial score (nSPS) is 21.9. The Balaban J connectivity index is 0.793. The molecule has 514 valence electrons. The summed E-state index contributed by atoms with van der Waals surface area (Å²) in [5, 5.41) is 107. The molecule has 7 rings (SSSR count). The minimum atomic E-state index is -2.78. The van der Waals surface area contributed by atoms with Gasteiger partial charge in [0.1, 0.15) is 37.6 Å². The number of aliphatic hydroxyl groups is 6. The second-order valence-corrected chi connectivity index (χ2v) is 22.9. The number of carboxylic acids is 2. The molecule has 8 amide bonds. The number of amides is 8. The summed E-state index contributed by atoms with van der Waals surface area (Å²) in [4.78, 5) is 127. The van der Waals surface area contributed by atoms with Crippen molar-refractivity contribution in [3.8, 4) is 22.3 Å². The van der Waals surface area contributed by atoms with Crippen molar-refractivity contribution in [3.05, 3.63) is 145 Å². The lowest BCUT2D eigenvalue weighted by Gasteiger charge is -2.46. The third-order valence-electron chi connectivity index (χ3n) is 15.6. The van der Waals surface area contributed by atoms with E-state index in [4.69, 9.17) is 18.9 Å². The molecule has 2 aliphatic heterocycles. The monoisotopic (exact) mass is 1330 g/mol. The minimum Gasteiger partial charge on any atom is -0.477 e. The molecule has 2 fully saturated rings. The van der Waals surface area contributed by atoms with Gasteiger partial charge < -0.3 is 102 Å². The smallest absolute Gasteiger partial charge is 0.364 e. The Morgan fingerprint density at radius 2 is 0.802 bits per heavy atom. The zero-order valence-electron chi connectivity index (χ0n) is 52.3. The van der Waals surface area contributed by atoms with Gasteiger partial charge >= 0.3 is 11.9 Å². The molecule has 0 unspecified atom stereocenters. The van der Waals surface area contributed by atoms with E-state index in [0.29, 0.717) is 11.4 Å². The highest BCUT2D eigenvalue weighted by atomic mass is 16.7. The Morgan fingerprint density at radius 1 is 0.469 bits per heavy atom. The van der Waals surface area contributed by atoms with Crippen LogP contribution in [0.15, 0.2) is 133 Å². The van der Waals surface area contributed by atoms with Crippen LogP contribution in [0.5, 0.6) is 0 Å². The summed E-state index contributed by atoms with van der Waals surface area (Å²) in [6.45, 7) is -1.07. The lowest BCUT2D eigenvalue weighted by atomic mass is 9.88. The average Bonchev–Trinajstić information content (AvgIpc) is 0.775. The fraction of sp³-hybridized carbons (Fsp3) is 0.394. The third kappa shape index (κ3) is 20.7. The molecule has 0 spiro atoms. The van der Waals surface area contributed by atoms with Gasteiger partial charge in [0, 0.05) is 88.2 Å². The van der Waals surface area contributed by atoms with E-state index in [-0.39, 0.29) is 49.9 Å². The van der Waals surface area contributed by atoms with Crippen molar-refractivity contribution in [3.63, 3.8) is 0 Å². The van der Waals surface area contributed by atoms with Gasteiger partial charge in [-0.15, -0.1) is 0 Å². The maximum atomic E-state index is 13.0. The van der Waals surface area contributed by atoms with Crippen LogP contribution in [0, 0.1) is 0 Å². The van der Waals surface area contributed by atoms with Gasteiger partial charge in [-0.05, 0) is 83.6 Å². The first-order valence-corrected chi connectivity index (χ1v) is 30.6. The van der Waals surface area contributed by atoms with Crippen LogP contribution in [0.2, 0.25) is 0 Å². The van der Waals surface area contributed by atoms with Crippen LogP contribution in [-0.4, -0.2) is 212 Å². The molecular weight excluding hydrogens is 1260 g/mol. The van der Waals surface area contributed by atoms with Gasteiger partial charge in [0.25, 0.3) is 23.4 Å². The number of carbonyl (C=O) groups excluding carboxylic acids is 8. The van der Waals surface area contributed by atoms with E-state index in [0.717, 1.165) is 36.1 Å². The Bertz CT molecular complexity index is 3270. The van der Waals surface area contributed by atoms with Gasteiger partial charge in [-0.25, -0.2) is 9.59 Å². The van der Waals surface area contributed by atoms with Crippen LogP contribution in [0.3, 0.4) is 0 Å². The molecule has 0 aromatic heterocycles. The van der Waals surface area contributed by atoms with E-state index < -0.39 is 171 Å². The Labute approximate surface area is 550 Å². The number of aliphatic hydroxyl groups excluding tert-OH is 6. The maximum Gasteiger partial charge on any atom is 0.364 e. The highest BCUT2D eigenvalue weighted by Gasteiger charge is 2.57. The molecule has 30 nitrogen and oxygen atoms in total. The molecule has 5 aromatic carbocycles. The molecule has 5 aromatic rings. The van der Waals surface area contributed by atoms with Gasteiger partial charge in [0.05, 0.1) is 36.5 Å². The zero-order valence-corrected chi connectivity index (χ0v) is 52.3. The molecule has 0 bridgehead atoms. The lowest BCUT2D eigenvalue weighted by molar-refractivity contribution is -0.308. The molecule has 12 atom stereocenters. The SMILES string of the molecule is CC(=O)N[C@H]1[C@H]([C@H](O)[C@H](O)CNC(=O)c2ccc(-c3ccccc3)cc2)O[C@@](OCC(=O)NCCCC(=O)Nc2ccc(NC(=O)CCCNC(=O)CO[C@]3(C(=O)O)C[C@H](O)[C@@H](NC(C)=O)[C@H]([C@H](O)[C@H](O)CNC(=O)c4ccc(-c5ccccc5)cc4)O3)cc2)(C(=O)O)C[C@@H]1O. The number of rotatable bonds is 32. The summed E-state index contributed by atoms with van der Waals surface area (Å²) in [6.07, 6.45) is -16.7. The van der Waals surface area contributed by atoms with E-state index in [9.17, 15) is 88.8 Å². The number of aliphatic carboxylic acids is 2. The van der Waals surface area contributed by atoms with Gasteiger partial charge in [-0.2, -0.15) is 0 Å². The second kappa shape index (κ2) is 34.7. The van der Waals surface area contributed by atoms with E-state index in [1.165, 1.54) is 24.3 Å². The molecule has 2 aliphatic rings. The summed E-state index contributed by atoms with van der Waals surface area (Å²) < 4.78 is 22.3. The molecular formula is C66H78N8O22. The second-order valence-electron chi connectivity index (χ2n) is 22.9. The zero-order chi connectivity index (χ0) is 69.7. The van der Waals surface area contributed by atoms with Crippen molar-refractivity contribution < 1.29 is 108 Å². The van der Waals surface area contributed by atoms with Crippen LogP contribution in [-0.2, 0) is 57.3 Å². The summed E-state index contributed by atoms with van der Waals surface area (Å²) in [6, 6.07) is 34.9. The first kappa shape index (κ1) is 73.8. The first-order valence-electron chi connectivity index (χ1n) is 30.6. The Hall–Kier alpha value is -9.60. The maximum absolute atomic E-state index is 13.0. The molecule has 0 saturated carbocycles. The fourth-order valence-corrected chi connectivity index (χ4v) is 10.6. The van der Waals surface area contributed by atoms with Crippen molar-refractivity contribution in [2.45, 2.75) is 125 Å². The molecule has 30 heteroatoms. The predicted molar refractivity (Wildman–Crippen MR) is 339 cm³/mol. The van der Waals surface area contributed by atoms with Gasteiger partial charge in [-0.1, -0.05) is 84.9 Å². The molecule has 0 aliphatic carbocycles. The first-order chi connectivity index (χ1) is 45.8. The van der Waals surface area contributed by atoms with Gasteiger partial charge in [0.2, 0.25) is 35.4 Å². The standard InChI is InChI=1S/C66H78N8O22/c1-37(75)71-55-47(77)31-65(63(89)90,95-59(55)57(85)49(79)33-69-61(87)43-21-17-41(18-22-43)39-11-5-3-6-12-39)93-35-53(83)67-29-9-15-51(81)73-45-25-27-46(28-26-45)74-52(82)16-10-30-68-54(84)36-94-66(64(91)92)32-48(78)56(72-38(2)76)60(96-66)58(86)50(80)34-70-62(88)44-23-19-42(20-24-44)40-13-7-4-8-14-40/h3-8,11-14,17-28,47-50,55-60,77-80,85-86H,9-10,15-16,29-36H2,1-2H3,(H,67,83)(H,68,84)(H,69,87)(H,70,88)(H,71,75)(H,72,76)(H,73,81)(H,74,82)(H,89,90)(H,91,92)/t47-,48-,49+,50+,55+,56+,57+,58+,59+,60+,65+,66+/m0/s1. The number of benzene rings is 5. The van der Waals surface area contributed by atoms with Crippen molar-refractivity contribution >= 4 is 70.6 Å². The lowest BCUT2D eigenvalue weighted by Crippen LogP contribution is -2.68. The Kier molecular flexibility index (Phi) is 26.7. The average molecular weight is 1340 g/mol. The van der Waals surface area contributed by atoms with Crippen LogP contribution >= 0.6 is 0 Å². The fourth-order valence-electron chi connectivity index (χ4n) is 10.6. The summed E-state index contributed by atoms with van der Waals surface area (Å²) in [5.41, 5.74) is 4.65. The predicted octanol–water partition coefficient (Wildman–Crippen LogP) is -0.102. The summed E-state index contributed by atoms with van der Waals surface area (Å²) in [5.74, 6) is -14.5. The van der Waals surface area contributed by atoms with Crippen molar-refractivity contribution in [1.82, 2.24) is 31.9 Å². The van der Waals surface area contributed by atoms with Crippen molar-refractivity contribution in [2.24, 2.45) is 0 Å². The van der Waals surface area contributed by atoms with Crippen LogP contribution in [0.4, 0.5) is 11.4 Å². The van der Waals surface area contributed by atoms with Crippen LogP contribution in [0.25, 0.3) is 22.3 Å². The topological polar surface area (TPSA) is 466 Å². The Morgan fingerprint density at radius 3 is 1.12 bits per heavy atom. The number of nitrogens with one attached hydrogen (secondary N) is 8.